The smallest absolute Gasteiger partial charge is 0.226 e. The number of nitrogens with zero attached hydrogens (tertiary/aromatic N) is 4. The molecular formula is C11H18N6O. The van der Waals surface area contributed by atoms with Crippen LogP contribution in [-0.4, -0.2) is 40.0 Å². The number of hydrogen-bond donors (Lipinski definition) is 2. The molecule has 0 aliphatic heterocycles. The highest BCUT2D eigenvalue weighted by atomic mass is 16.5. The van der Waals surface area contributed by atoms with Gasteiger partial charge in [0.25, 0.3) is 0 Å². The number of nitrogen functional groups attached to an aromatic ring is 1. The van der Waals surface area contributed by atoms with Gasteiger partial charge in [-0.1, -0.05) is 0 Å². The SMILES string of the molecule is COCCCCNc1nc(N)c2cnn(C)c2n1. The second kappa shape index (κ2) is 5.63. The summed E-state index contributed by atoms with van der Waals surface area (Å²) in [4.78, 5) is 8.58. The molecule has 98 valence electrons. The van der Waals surface area contributed by atoms with Crippen molar-refractivity contribution in [3.8, 4) is 0 Å². The average Bonchev–Trinajstić information content (AvgIpc) is 2.72. The third-order valence-electron chi connectivity index (χ3n) is 2.68. The zero-order valence-corrected chi connectivity index (χ0v) is 10.7. The van der Waals surface area contributed by atoms with Crippen molar-refractivity contribution >= 4 is 22.8 Å². The van der Waals surface area contributed by atoms with Crippen molar-refractivity contribution in [2.75, 3.05) is 31.3 Å². The Bertz CT molecular complexity index is 523. The molecule has 2 rings (SSSR count). The third kappa shape index (κ3) is 2.67. The van der Waals surface area contributed by atoms with E-state index in [2.05, 4.69) is 20.4 Å². The lowest BCUT2D eigenvalue weighted by Crippen LogP contribution is -2.08. The van der Waals surface area contributed by atoms with Gasteiger partial charge in [0, 0.05) is 27.3 Å². The summed E-state index contributed by atoms with van der Waals surface area (Å²) in [5.41, 5.74) is 6.60. The zero-order chi connectivity index (χ0) is 13.0. The van der Waals surface area contributed by atoms with Crippen LogP contribution in [-0.2, 0) is 11.8 Å². The minimum atomic E-state index is 0.451. The van der Waals surface area contributed by atoms with E-state index in [9.17, 15) is 0 Å². The summed E-state index contributed by atoms with van der Waals surface area (Å²) in [5.74, 6) is 0.994. The average molecular weight is 250 g/mol. The van der Waals surface area contributed by atoms with Gasteiger partial charge in [-0.3, -0.25) is 4.68 Å². The van der Waals surface area contributed by atoms with Crippen LogP contribution in [0, 0.1) is 0 Å². The van der Waals surface area contributed by atoms with Crippen LogP contribution in [0.15, 0.2) is 6.20 Å². The summed E-state index contributed by atoms with van der Waals surface area (Å²) in [5, 5.41) is 8.04. The molecule has 7 heteroatoms. The lowest BCUT2D eigenvalue weighted by Gasteiger charge is -2.06. The van der Waals surface area contributed by atoms with E-state index in [0.717, 1.165) is 37.0 Å². The van der Waals surface area contributed by atoms with Gasteiger partial charge < -0.3 is 15.8 Å². The Morgan fingerprint density at radius 2 is 2.22 bits per heavy atom. The predicted molar refractivity (Wildman–Crippen MR) is 70.3 cm³/mol. The Kier molecular flexibility index (Phi) is 3.93. The summed E-state index contributed by atoms with van der Waals surface area (Å²) in [6.07, 6.45) is 3.68. The fourth-order valence-corrected chi connectivity index (χ4v) is 1.69. The quantitative estimate of drug-likeness (QED) is 0.736. The number of fused-ring (bicyclic) bond motifs is 1. The van der Waals surface area contributed by atoms with E-state index >= 15 is 0 Å². The number of aryl methyl sites for hydroxylation is 1. The van der Waals surface area contributed by atoms with Gasteiger partial charge in [0.2, 0.25) is 5.95 Å². The number of nitrogens with one attached hydrogen (secondary N) is 1. The van der Waals surface area contributed by atoms with Gasteiger partial charge in [0.1, 0.15) is 5.82 Å². The molecule has 0 saturated heterocycles. The first-order chi connectivity index (χ1) is 8.72. The van der Waals surface area contributed by atoms with Crippen molar-refractivity contribution in [3.63, 3.8) is 0 Å². The van der Waals surface area contributed by atoms with Crippen LogP contribution in [0.3, 0.4) is 0 Å². The highest BCUT2D eigenvalue weighted by Gasteiger charge is 2.08. The van der Waals surface area contributed by atoms with E-state index in [0.29, 0.717) is 11.8 Å². The van der Waals surface area contributed by atoms with Crippen molar-refractivity contribution in [1.29, 1.82) is 0 Å². The van der Waals surface area contributed by atoms with E-state index in [1.54, 1.807) is 18.0 Å². The van der Waals surface area contributed by atoms with Crippen molar-refractivity contribution in [1.82, 2.24) is 19.7 Å². The van der Waals surface area contributed by atoms with Crippen molar-refractivity contribution in [2.45, 2.75) is 12.8 Å². The zero-order valence-electron chi connectivity index (χ0n) is 10.7. The Hall–Kier alpha value is -1.89. The van der Waals surface area contributed by atoms with Crippen LogP contribution in [0.25, 0.3) is 11.0 Å². The van der Waals surface area contributed by atoms with Gasteiger partial charge in [-0.25, -0.2) is 0 Å². The van der Waals surface area contributed by atoms with Gasteiger partial charge in [0.15, 0.2) is 5.65 Å². The second-order valence-corrected chi connectivity index (χ2v) is 4.06. The summed E-state index contributed by atoms with van der Waals surface area (Å²) < 4.78 is 6.67. The standard InChI is InChI=1S/C11H18N6O/c1-17-10-8(7-14-17)9(12)15-11(16-10)13-5-3-4-6-18-2/h7H,3-6H2,1-2H3,(H3,12,13,15,16). The molecular weight excluding hydrogens is 232 g/mol. The molecule has 2 heterocycles. The van der Waals surface area contributed by atoms with Gasteiger partial charge in [0.05, 0.1) is 11.6 Å². The molecule has 0 amide bonds. The van der Waals surface area contributed by atoms with E-state index in [1.165, 1.54) is 0 Å². The lowest BCUT2D eigenvalue weighted by molar-refractivity contribution is 0.193. The van der Waals surface area contributed by atoms with Crippen molar-refractivity contribution in [2.24, 2.45) is 7.05 Å². The monoisotopic (exact) mass is 250 g/mol. The van der Waals surface area contributed by atoms with E-state index in [1.807, 2.05) is 7.05 Å². The van der Waals surface area contributed by atoms with Gasteiger partial charge in [-0.15, -0.1) is 0 Å². The second-order valence-electron chi connectivity index (χ2n) is 4.06. The highest BCUT2D eigenvalue weighted by molar-refractivity contribution is 5.86. The number of ether oxygens (including phenoxy) is 1. The molecule has 0 aliphatic rings. The van der Waals surface area contributed by atoms with Crippen LogP contribution in [0.4, 0.5) is 11.8 Å². The van der Waals surface area contributed by atoms with Gasteiger partial charge >= 0.3 is 0 Å². The molecule has 0 radical (unpaired) electrons. The molecule has 7 nitrogen and oxygen atoms in total. The summed E-state index contributed by atoms with van der Waals surface area (Å²) in [6, 6.07) is 0. The number of rotatable bonds is 6. The lowest BCUT2D eigenvalue weighted by atomic mass is 10.3. The maximum absolute atomic E-state index is 5.86. The van der Waals surface area contributed by atoms with Crippen LogP contribution < -0.4 is 11.1 Å². The fourth-order valence-electron chi connectivity index (χ4n) is 1.69. The Balaban J connectivity index is 2.02. The minimum Gasteiger partial charge on any atom is -0.385 e. The number of unbranched alkanes of at least 4 members (excludes halogenated alkanes) is 1. The fraction of sp³-hybridized carbons (Fsp3) is 0.545. The Labute approximate surface area is 105 Å². The molecule has 18 heavy (non-hydrogen) atoms. The van der Waals surface area contributed by atoms with Gasteiger partial charge in [-0.2, -0.15) is 15.1 Å². The van der Waals surface area contributed by atoms with E-state index < -0.39 is 0 Å². The Morgan fingerprint density at radius 1 is 1.39 bits per heavy atom. The molecule has 0 aromatic carbocycles. The number of methoxy groups -OCH3 is 1. The third-order valence-corrected chi connectivity index (χ3v) is 2.68. The van der Waals surface area contributed by atoms with E-state index in [-0.39, 0.29) is 0 Å². The summed E-state index contributed by atoms with van der Waals surface area (Å²) in [6.45, 7) is 1.57. The molecule has 2 aromatic rings. The largest absolute Gasteiger partial charge is 0.385 e. The van der Waals surface area contributed by atoms with Crippen molar-refractivity contribution in [3.05, 3.63) is 6.20 Å². The maximum atomic E-state index is 5.86. The molecule has 0 saturated carbocycles. The molecule has 0 bridgehead atoms. The summed E-state index contributed by atoms with van der Waals surface area (Å²) in [7, 11) is 3.53. The molecule has 0 atom stereocenters. The first kappa shape index (κ1) is 12.6. The molecule has 0 spiro atoms. The maximum Gasteiger partial charge on any atom is 0.226 e. The van der Waals surface area contributed by atoms with Crippen LogP contribution >= 0.6 is 0 Å². The predicted octanol–water partition coefficient (Wildman–Crippen LogP) is 0.784. The highest BCUT2D eigenvalue weighted by Crippen LogP contribution is 2.18. The Morgan fingerprint density at radius 3 is 3.00 bits per heavy atom. The minimum absolute atomic E-state index is 0.451. The molecule has 0 unspecified atom stereocenters. The summed E-state index contributed by atoms with van der Waals surface area (Å²) >= 11 is 0. The normalized spacial score (nSPS) is 11.0. The van der Waals surface area contributed by atoms with Crippen molar-refractivity contribution < 1.29 is 4.74 Å². The molecule has 0 fully saturated rings. The first-order valence-electron chi connectivity index (χ1n) is 5.90. The number of nitrogens with two attached hydrogens (primary N) is 1. The van der Waals surface area contributed by atoms with Crippen LogP contribution in [0.2, 0.25) is 0 Å². The van der Waals surface area contributed by atoms with Crippen LogP contribution in [0.5, 0.6) is 0 Å². The first-order valence-corrected chi connectivity index (χ1v) is 5.90. The van der Waals surface area contributed by atoms with Crippen LogP contribution in [0.1, 0.15) is 12.8 Å². The number of anilines is 2. The molecule has 2 aromatic heterocycles. The van der Waals surface area contributed by atoms with Gasteiger partial charge in [-0.05, 0) is 12.8 Å². The topological polar surface area (TPSA) is 90.9 Å². The molecule has 0 aliphatic carbocycles. The number of hydrogen-bond acceptors (Lipinski definition) is 6. The number of aromatic nitrogens is 4. The molecule has 3 N–H and O–H groups in total. The van der Waals surface area contributed by atoms with E-state index in [4.69, 9.17) is 10.5 Å².